The number of rotatable bonds is 9. The Morgan fingerprint density at radius 3 is 2.84 bits per heavy atom. The summed E-state index contributed by atoms with van der Waals surface area (Å²) in [6.45, 7) is 7.50. The van der Waals surface area contributed by atoms with Gasteiger partial charge in [-0.15, -0.1) is 11.3 Å². The minimum absolute atomic E-state index is 0.0629. The summed E-state index contributed by atoms with van der Waals surface area (Å²) in [5.74, 6) is 1.29. The topological polar surface area (TPSA) is 58.4 Å². The third-order valence-electron chi connectivity index (χ3n) is 3.91. The van der Waals surface area contributed by atoms with Gasteiger partial charge in [-0.25, -0.2) is 0 Å². The molecule has 1 unspecified atom stereocenters. The first kappa shape index (κ1) is 19.2. The number of aliphatic imine (C=N–C) groups is 1. The van der Waals surface area contributed by atoms with Gasteiger partial charge in [0.2, 0.25) is 5.56 Å². The maximum atomic E-state index is 11.6. The highest BCUT2D eigenvalue weighted by molar-refractivity contribution is 7.10. The van der Waals surface area contributed by atoms with Crippen molar-refractivity contribution in [2.24, 2.45) is 4.99 Å². The van der Waals surface area contributed by atoms with Crippen molar-refractivity contribution in [1.82, 2.24) is 15.2 Å². The Balaban J connectivity index is 1.72. The molecule has 1 atom stereocenters. The van der Waals surface area contributed by atoms with Gasteiger partial charge in [0.15, 0.2) is 5.96 Å². The number of thiophene rings is 1. The van der Waals surface area contributed by atoms with E-state index >= 15 is 0 Å². The van der Waals surface area contributed by atoms with Crippen LogP contribution in [0.4, 0.5) is 0 Å². The second-order valence-electron chi connectivity index (χ2n) is 6.00. The minimum Gasteiger partial charge on any atom is -0.357 e. The lowest BCUT2D eigenvalue weighted by molar-refractivity contribution is 0.585. The Morgan fingerprint density at radius 2 is 2.12 bits per heavy atom. The molecule has 0 saturated carbocycles. The van der Waals surface area contributed by atoms with Crippen LogP contribution in [0.5, 0.6) is 0 Å². The number of nitrogens with zero attached hydrogens (tertiary/aromatic N) is 2. The van der Waals surface area contributed by atoms with Gasteiger partial charge in [-0.3, -0.25) is 9.79 Å². The van der Waals surface area contributed by atoms with Gasteiger partial charge in [-0.1, -0.05) is 19.1 Å². The van der Waals surface area contributed by atoms with Crippen molar-refractivity contribution in [3.05, 3.63) is 57.1 Å². The molecule has 2 N–H and O–H groups in total. The van der Waals surface area contributed by atoms with Gasteiger partial charge in [0.1, 0.15) is 0 Å². The first-order chi connectivity index (χ1) is 12.2. The van der Waals surface area contributed by atoms with E-state index in [0.29, 0.717) is 5.92 Å². The van der Waals surface area contributed by atoms with Crippen molar-refractivity contribution in [2.45, 2.75) is 39.2 Å². The van der Waals surface area contributed by atoms with Crippen LogP contribution in [0, 0.1) is 0 Å². The summed E-state index contributed by atoms with van der Waals surface area (Å²) >= 11 is 1.78. The number of aryl methyl sites for hydroxylation is 1. The number of unbranched alkanes of at least 4 members (excludes halogenated alkanes) is 1. The molecule has 0 fully saturated rings. The Kier molecular flexibility index (Phi) is 8.25. The molecule has 0 aliphatic heterocycles. The van der Waals surface area contributed by atoms with Gasteiger partial charge in [0.25, 0.3) is 0 Å². The van der Waals surface area contributed by atoms with Crippen molar-refractivity contribution in [3.8, 4) is 0 Å². The second kappa shape index (κ2) is 10.7. The van der Waals surface area contributed by atoms with Crippen LogP contribution in [-0.4, -0.2) is 30.2 Å². The molecule has 0 saturated heterocycles. The molecular weight excluding hydrogens is 332 g/mol. The molecule has 0 spiro atoms. The third kappa shape index (κ3) is 6.74. The molecule has 5 nitrogen and oxygen atoms in total. The highest BCUT2D eigenvalue weighted by Crippen LogP contribution is 2.20. The lowest BCUT2D eigenvalue weighted by Crippen LogP contribution is -2.38. The van der Waals surface area contributed by atoms with E-state index in [1.165, 1.54) is 4.88 Å². The quantitative estimate of drug-likeness (QED) is 0.410. The standard InChI is InChI=1S/C19H28N4OS/c1-3-20-19(22-15-16(2)17-9-8-14-25-17)21-11-5-7-13-23-12-6-4-10-18(23)24/h4,6,8-10,12,14,16H,3,5,7,11,13,15H2,1-2H3,(H2,20,21,22). The van der Waals surface area contributed by atoms with Crippen molar-refractivity contribution >= 4 is 17.3 Å². The molecule has 2 heterocycles. The first-order valence-corrected chi connectivity index (χ1v) is 9.79. The molecule has 0 amide bonds. The summed E-state index contributed by atoms with van der Waals surface area (Å²) in [4.78, 5) is 17.7. The van der Waals surface area contributed by atoms with E-state index in [4.69, 9.17) is 0 Å². The zero-order valence-corrected chi connectivity index (χ0v) is 15.9. The van der Waals surface area contributed by atoms with Crippen molar-refractivity contribution in [1.29, 1.82) is 0 Å². The largest absolute Gasteiger partial charge is 0.357 e. The third-order valence-corrected chi connectivity index (χ3v) is 5.02. The number of nitrogens with one attached hydrogen (secondary N) is 2. The average molecular weight is 361 g/mol. The van der Waals surface area contributed by atoms with Gasteiger partial charge in [-0.05, 0) is 37.3 Å². The summed E-state index contributed by atoms with van der Waals surface area (Å²) in [6.07, 6.45) is 3.79. The number of guanidine groups is 1. The molecule has 136 valence electrons. The van der Waals surface area contributed by atoms with Crippen LogP contribution >= 0.6 is 11.3 Å². The van der Waals surface area contributed by atoms with Gasteiger partial charge < -0.3 is 15.2 Å². The maximum absolute atomic E-state index is 11.6. The van der Waals surface area contributed by atoms with E-state index in [2.05, 4.69) is 47.0 Å². The fraction of sp³-hybridized carbons (Fsp3) is 0.474. The van der Waals surface area contributed by atoms with Crippen molar-refractivity contribution < 1.29 is 0 Å². The van der Waals surface area contributed by atoms with E-state index in [0.717, 1.165) is 45.0 Å². The fourth-order valence-corrected chi connectivity index (χ4v) is 3.27. The molecule has 0 bridgehead atoms. The normalized spacial score (nSPS) is 12.8. The predicted octanol–water partition coefficient (Wildman–Crippen LogP) is 3.05. The van der Waals surface area contributed by atoms with Crippen LogP contribution in [0.2, 0.25) is 0 Å². The molecule has 6 heteroatoms. The second-order valence-corrected chi connectivity index (χ2v) is 6.98. The molecule has 2 aromatic rings. The average Bonchev–Trinajstić information content (AvgIpc) is 3.15. The summed E-state index contributed by atoms with van der Waals surface area (Å²) in [5.41, 5.74) is 0.0629. The van der Waals surface area contributed by atoms with Gasteiger partial charge in [0.05, 0.1) is 6.54 Å². The van der Waals surface area contributed by atoms with E-state index in [1.54, 1.807) is 28.0 Å². The number of aromatic nitrogens is 1. The van der Waals surface area contributed by atoms with Crippen LogP contribution in [-0.2, 0) is 6.54 Å². The highest BCUT2D eigenvalue weighted by atomic mass is 32.1. The fourth-order valence-electron chi connectivity index (χ4n) is 2.49. The van der Waals surface area contributed by atoms with Crippen LogP contribution < -0.4 is 16.2 Å². The monoisotopic (exact) mass is 360 g/mol. The zero-order valence-electron chi connectivity index (χ0n) is 15.1. The summed E-state index contributed by atoms with van der Waals surface area (Å²) in [6, 6.07) is 9.52. The molecular formula is C19H28N4OS. The molecule has 25 heavy (non-hydrogen) atoms. The number of pyridine rings is 1. The van der Waals surface area contributed by atoms with Crippen LogP contribution in [0.3, 0.4) is 0 Å². The summed E-state index contributed by atoms with van der Waals surface area (Å²) in [7, 11) is 0. The van der Waals surface area contributed by atoms with Crippen molar-refractivity contribution in [3.63, 3.8) is 0 Å². The highest BCUT2D eigenvalue weighted by Gasteiger charge is 2.06. The maximum Gasteiger partial charge on any atom is 0.250 e. The van der Waals surface area contributed by atoms with Crippen LogP contribution in [0.25, 0.3) is 0 Å². The van der Waals surface area contributed by atoms with E-state index in [9.17, 15) is 4.79 Å². The van der Waals surface area contributed by atoms with Crippen molar-refractivity contribution in [2.75, 3.05) is 19.6 Å². The Bertz CT molecular complexity index is 693. The van der Waals surface area contributed by atoms with Gasteiger partial charge >= 0.3 is 0 Å². The minimum atomic E-state index is 0.0629. The Hall–Kier alpha value is -2.08. The smallest absolute Gasteiger partial charge is 0.250 e. The molecule has 0 aliphatic rings. The van der Waals surface area contributed by atoms with Crippen LogP contribution in [0.1, 0.15) is 37.5 Å². The van der Waals surface area contributed by atoms with Crippen LogP contribution in [0.15, 0.2) is 51.7 Å². The molecule has 0 aliphatic carbocycles. The molecule has 0 aromatic carbocycles. The molecule has 2 rings (SSSR count). The van der Waals surface area contributed by atoms with Gasteiger partial charge in [0, 0.05) is 42.7 Å². The molecule has 0 radical (unpaired) electrons. The number of hydrogen-bond acceptors (Lipinski definition) is 3. The van der Waals surface area contributed by atoms with Gasteiger partial charge in [-0.2, -0.15) is 0 Å². The van der Waals surface area contributed by atoms with E-state index in [-0.39, 0.29) is 5.56 Å². The summed E-state index contributed by atoms with van der Waals surface area (Å²) < 4.78 is 1.75. The first-order valence-electron chi connectivity index (χ1n) is 8.91. The van der Waals surface area contributed by atoms with E-state index in [1.807, 2.05) is 12.3 Å². The Labute approximate surface area is 153 Å². The van der Waals surface area contributed by atoms with E-state index < -0.39 is 0 Å². The Morgan fingerprint density at radius 1 is 1.24 bits per heavy atom. The summed E-state index contributed by atoms with van der Waals surface area (Å²) in [5, 5.41) is 8.77. The zero-order chi connectivity index (χ0) is 17.9. The SMILES string of the molecule is CCNC(=NCC(C)c1cccs1)NCCCCn1ccccc1=O. The molecule has 2 aromatic heterocycles. The predicted molar refractivity (Wildman–Crippen MR) is 107 cm³/mol. The number of hydrogen-bond donors (Lipinski definition) is 2. The lowest BCUT2D eigenvalue weighted by atomic mass is 10.1. The lowest BCUT2D eigenvalue weighted by Gasteiger charge is -2.13.